The summed E-state index contributed by atoms with van der Waals surface area (Å²) >= 11 is 0. The molecule has 9 heteroatoms. The van der Waals surface area contributed by atoms with E-state index in [2.05, 4.69) is 0 Å². The minimum Gasteiger partial charge on any atom is -0.399 e. The third-order valence-corrected chi connectivity index (χ3v) is 3.98. The Hall–Kier alpha value is -2.68. The molecular weight excluding hydrogens is 301 g/mol. The van der Waals surface area contributed by atoms with Crippen molar-refractivity contribution in [3.05, 3.63) is 58.4 Å². The molecule has 0 aliphatic rings. The SMILES string of the molecule is Nc1ccc(S(=O)(=O)Nc2ccc([N+](=O)[O-])cc2F)cc1. The first kappa shape index (κ1) is 14.7. The third kappa shape index (κ3) is 3.26. The molecule has 0 radical (unpaired) electrons. The van der Waals surface area contributed by atoms with Gasteiger partial charge in [-0.25, -0.2) is 12.8 Å². The van der Waals surface area contributed by atoms with E-state index in [0.29, 0.717) is 11.8 Å². The molecule has 2 aromatic rings. The van der Waals surface area contributed by atoms with Crippen molar-refractivity contribution < 1.29 is 17.7 Å². The van der Waals surface area contributed by atoms with E-state index in [1.165, 1.54) is 24.3 Å². The van der Waals surface area contributed by atoms with Crippen LogP contribution >= 0.6 is 0 Å². The molecule has 0 fully saturated rings. The van der Waals surface area contributed by atoms with Crippen LogP contribution in [0.25, 0.3) is 0 Å². The summed E-state index contributed by atoms with van der Waals surface area (Å²) in [4.78, 5) is 9.61. The maximum atomic E-state index is 13.7. The molecule has 0 spiro atoms. The normalized spacial score (nSPS) is 11.1. The lowest BCUT2D eigenvalue weighted by atomic mass is 10.3. The minimum absolute atomic E-state index is 0.102. The van der Waals surface area contributed by atoms with Gasteiger partial charge in [0.15, 0.2) is 5.82 Å². The lowest BCUT2D eigenvalue weighted by Gasteiger charge is -2.09. The van der Waals surface area contributed by atoms with Crippen molar-refractivity contribution in [2.45, 2.75) is 4.90 Å². The zero-order chi connectivity index (χ0) is 15.6. The average molecular weight is 311 g/mol. The zero-order valence-electron chi connectivity index (χ0n) is 10.5. The number of halogens is 1. The van der Waals surface area contributed by atoms with E-state index in [1.807, 2.05) is 4.72 Å². The predicted octanol–water partition coefficient (Wildman–Crippen LogP) is 2.12. The Morgan fingerprint density at radius 1 is 1.14 bits per heavy atom. The van der Waals surface area contributed by atoms with E-state index in [9.17, 15) is 22.9 Å². The summed E-state index contributed by atoms with van der Waals surface area (Å²) in [5.41, 5.74) is 4.99. The van der Waals surface area contributed by atoms with Crippen molar-refractivity contribution in [1.29, 1.82) is 0 Å². The standard InChI is InChI=1S/C12H10FN3O4S/c13-11-7-9(16(17)18)3-6-12(11)15-21(19,20)10-4-1-8(14)2-5-10/h1-7,15H,14H2. The second-order valence-corrected chi connectivity index (χ2v) is 5.78. The van der Waals surface area contributed by atoms with Crippen LogP contribution in [0.2, 0.25) is 0 Å². The molecule has 3 N–H and O–H groups in total. The molecule has 0 bridgehead atoms. The van der Waals surface area contributed by atoms with Crippen LogP contribution in [0.3, 0.4) is 0 Å². The monoisotopic (exact) mass is 311 g/mol. The summed E-state index contributed by atoms with van der Waals surface area (Å²) in [7, 11) is -4.00. The average Bonchev–Trinajstić information content (AvgIpc) is 2.41. The van der Waals surface area contributed by atoms with Crippen LogP contribution in [0.15, 0.2) is 47.4 Å². The predicted molar refractivity (Wildman–Crippen MR) is 74.7 cm³/mol. The van der Waals surface area contributed by atoms with Crippen molar-refractivity contribution >= 4 is 27.1 Å². The second kappa shape index (κ2) is 5.37. The topological polar surface area (TPSA) is 115 Å². The number of rotatable bonds is 4. The van der Waals surface area contributed by atoms with Crippen molar-refractivity contribution in [2.75, 3.05) is 10.5 Å². The van der Waals surface area contributed by atoms with E-state index < -0.39 is 26.5 Å². The first-order valence-electron chi connectivity index (χ1n) is 5.62. The minimum atomic E-state index is -4.00. The summed E-state index contributed by atoms with van der Waals surface area (Å²) in [6, 6.07) is 7.94. The number of hydrogen-bond donors (Lipinski definition) is 2. The van der Waals surface area contributed by atoms with E-state index in [4.69, 9.17) is 5.73 Å². The number of nitrogens with two attached hydrogens (primary N) is 1. The zero-order valence-corrected chi connectivity index (χ0v) is 11.3. The molecular formula is C12H10FN3O4S. The molecule has 0 atom stereocenters. The summed E-state index contributed by atoms with van der Waals surface area (Å²) in [5.74, 6) is -1.04. The van der Waals surface area contributed by atoms with Crippen LogP contribution in [-0.4, -0.2) is 13.3 Å². The van der Waals surface area contributed by atoms with Crippen LogP contribution in [0.1, 0.15) is 0 Å². The molecule has 7 nitrogen and oxygen atoms in total. The second-order valence-electron chi connectivity index (χ2n) is 4.10. The number of nitro benzene ring substituents is 1. The fraction of sp³-hybridized carbons (Fsp3) is 0. The lowest BCUT2D eigenvalue weighted by Crippen LogP contribution is -2.14. The van der Waals surface area contributed by atoms with E-state index in [-0.39, 0.29) is 10.6 Å². The Balaban J connectivity index is 2.32. The van der Waals surface area contributed by atoms with E-state index in [0.717, 1.165) is 12.1 Å². The molecule has 0 saturated heterocycles. The van der Waals surface area contributed by atoms with Crippen molar-refractivity contribution in [1.82, 2.24) is 0 Å². The van der Waals surface area contributed by atoms with Crippen LogP contribution in [0.5, 0.6) is 0 Å². The molecule has 0 aromatic heterocycles. The van der Waals surface area contributed by atoms with Gasteiger partial charge in [-0.15, -0.1) is 0 Å². The third-order valence-electron chi connectivity index (χ3n) is 2.60. The molecule has 2 rings (SSSR count). The highest BCUT2D eigenvalue weighted by molar-refractivity contribution is 7.92. The van der Waals surface area contributed by atoms with Crippen LogP contribution in [-0.2, 0) is 10.0 Å². The van der Waals surface area contributed by atoms with Gasteiger partial charge in [0, 0.05) is 11.8 Å². The van der Waals surface area contributed by atoms with Crippen molar-refractivity contribution in [3.8, 4) is 0 Å². The van der Waals surface area contributed by atoms with Gasteiger partial charge in [0.2, 0.25) is 0 Å². The van der Waals surface area contributed by atoms with E-state index >= 15 is 0 Å². The Bertz CT molecular complexity index is 791. The van der Waals surface area contributed by atoms with Gasteiger partial charge in [-0.1, -0.05) is 0 Å². The first-order valence-corrected chi connectivity index (χ1v) is 7.10. The lowest BCUT2D eigenvalue weighted by molar-refractivity contribution is -0.385. The van der Waals surface area contributed by atoms with Crippen LogP contribution in [0, 0.1) is 15.9 Å². The van der Waals surface area contributed by atoms with E-state index in [1.54, 1.807) is 0 Å². The number of anilines is 2. The van der Waals surface area contributed by atoms with Gasteiger partial charge >= 0.3 is 0 Å². The van der Waals surface area contributed by atoms with Crippen molar-refractivity contribution in [2.24, 2.45) is 0 Å². The fourth-order valence-corrected chi connectivity index (χ4v) is 2.62. The first-order chi connectivity index (χ1) is 9.79. The van der Waals surface area contributed by atoms with Gasteiger partial charge in [-0.2, -0.15) is 0 Å². The smallest absolute Gasteiger partial charge is 0.272 e. The number of nitrogens with one attached hydrogen (secondary N) is 1. The highest BCUT2D eigenvalue weighted by Crippen LogP contribution is 2.23. The van der Waals surface area contributed by atoms with Gasteiger partial charge in [0.1, 0.15) is 0 Å². The molecule has 0 unspecified atom stereocenters. The highest BCUT2D eigenvalue weighted by atomic mass is 32.2. The molecule has 0 amide bonds. The number of nitro groups is 1. The highest BCUT2D eigenvalue weighted by Gasteiger charge is 2.18. The largest absolute Gasteiger partial charge is 0.399 e. The number of sulfonamides is 1. The molecule has 0 saturated carbocycles. The Morgan fingerprint density at radius 3 is 2.29 bits per heavy atom. The maximum absolute atomic E-state index is 13.7. The number of benzene rings is 2. The summed E-state index contributed by atoms with van der Waals surface area (Å²) in [6.07, 6.45) is 0. The molecule has 110 valence electrons. The van der Waals surface area contributed by atoms with Gasteiger partial charge in [-0.05, 0) is 30.3 Å². The van der Waals surface area contributed by atoms with Crippen LogP contribution in [0.4, 0.5) is 21.5 Å². The van der Waals surface area contributed by atoms with Gasteiger partial charge in [0.25, 0.3) is 15.7 Å². The quantitative estimate of drug-likeness (QED) is 0.510. The molecule has 0 aliphatic carbocycles. The Labute approximate surface area is 119 Å². The summed E-state index contributed by atoms with van der Waals surface area (Å²) in [5, 5.41) is 10.5. The Morgan fingerprint density at radius 2 is 1.76 bits per heavy atom. The number of nitrogens with zero attached hydrogens (tertiary/aromatic N) is 1. The Kier molecular flexibility index (Phi) is 3.76. The van der Waals surface area contributed by atoms with Gasteiger partial charge in [0.05, 0.1) is 21.6 Å². The van der Waals surface area contributed by atoms with Gasteiger partial charge < -0.3 is 5.73 Å². The molecule has 0 aliphatic heterocycles. The molecule has 2 aromatic carbocycles. The molecule has 21 heavy (non-hydrogen) atoms. The molecule has 0 heterocycles. The van der Waals surface area contributed by atoms with Crippen LogP contribution < -0.4 is 10.5 Å². The summed E-state index contributed by atoms with van der Waals surface area (Å²) in [6.45, 7) is 0. The number of hydrogen-bond acceptors (Lipinski definition) is 5. The maximum Gasteiger partial charge on any atom is 0.272 e. The number of nitrogen functional groups attached to an aromatic ring is 1. The van der Waals surface area contributed by atoms with Gasteiger partial charge in [-0.3, -0.25) is 14.8 Å². The fourth-order valence-electron chi connectivity index (χ4n) is 1.55. The number of non-ortho nitro benzene ring substituents is 1. The summed E-state index contributed by atoms with van der Waals surface area (Å²) < 4.78 is 39.8. The van der Waals surface area contributed by atoms with Crippen molar-refractivity contribution in [3.63, 3.8) is 0 Å².